The lowest BCUT2D eigenvalue weighted by Crippen LogP contribution is -2.42. The van der Waals surface area contributed by atoms with E-state index in [1.54, 1.807) is 37.2 Å². The first-order chi connectivity index (χ1) is 12.3. The number of sulfonamides is 1. The maximum absolute atomic E-state index is 12.7. The number of hydrogen-bond acceptors (Lipinski definition) is 6. The molecular weight excluding hydrogens is 398 g/mol. The first-order valence-corrected chi connectivity index (χ1v) is 10.5. The summed E-state index contributed by atoms with van der Waals surface area (Å²) in [5.74, 6) is 0.812. The van der Waals surface area contributed by atoms with Crippen molar-refractivity contribution in [3.63, 3.8) is 0 Å². The average molecular weight is 416 g/mol. The summed E-state index contributed by atoms with van der Waals surface area (Å²) in [6, 6.07) is 7.81. The number of benzene rings is 1. The van der Waals surface area contributed by atoms with Gasteiger partial charge in [0.05, 0.1) is 23.6 Å². The molecule has 7 nitrogen and oxygen atoms in total. The quantitative estimate of drug-likeness (QED) is 0.777. The van der Waals surface area contributed by atoms with Gasteiger partial charge in [-0.25, -0.2) is 13.1 Å². The van der Waals surface area contributed by atoms with Gasteiger partial charge in [0, 0.05) is 19.7 Å². The SMILES string of the molecule is C/N=C1\SCC(O)(c2ccc(Cl)c(S(=O)(=O)NCc3ccco3)c2)N1C. The van der Waals surface area contributed by atoms with Gasteiger partial charge in [-0.05, 0) is 24.3 Å². The summed E-state index contributed by atoms with van der Waals surface area (Å²) < 4.78 is 32.9. The van der Waals surface area contributed by atoms with E-state index in [1.807, 2.05) is 0 Å². The van der Waals surface area contributed by atoms with E-state index in [1.165, 1.54) is 30.2 Å². The molecule has 1 aliphatic rings. The molecule has 26 heavy (non-hydrogen) atoms. The number of halogens is 1. The van der Waals surface area contributed by atoms with Gasteiger partial charge < -0.3 is 14.4 Å². The van der Waals surface area contributed by atoms with Crippen LogP contribution in [-0.4, -0.2) is 43.4 Å². The summed E-state index contributed by atoms with van der Waals surface area (Å²) in [7, 11) is -0.543. The molecule has 1 aromatic heterocycles. The van der Waals surface area contributed by atoms with Gasteiger partial charge >= 0.3 is 0 Å². The molecule has 1 atom stereocenters. The second-order valence-corrected chi connectivity index (χ2v) is 8.80. The van der Waals surface area contributed by atoms with Gasteiger partial charge in [-0.15, -0.1) is 0 Å². The molecule has 1 saturated heterocycles. The van der Waals surface area contributed by atoms with Crippen molar-refractivity contribution in [1.82, 2.24) is 9.62 Å². The number of aliphatic hydroxyl groups is 1. The molecule has 3 rings (SSSR count). The highest BCUT2D eigenvalue weighted by Gasteiger charge is 2.43. The van der Waals surface area contributed by atoms with E-state index in [2.05, 4.69) is 9.71 Å². The Kier molecular flexibility index (Phi) is 5.36. The van der Waals surface area contributed by atoms with Gasteiger partial charge in [0.2, 0.25) is 10.0 Å². The third-order valence-electron chi connectivity index (χ3n) is 4.14. The number of aliphatic imine (C=N–C) groups is 1. The van der Waals surface area contributed by atoms with Crippen LogP contribution in [0.25, 0.3) is 0 Å². The summed E-state index contributed by atoms with van der Waals surface area (Å²) in [4.78, 5) is 5.63. The van der Waals surface area contributed by atoms with E-state index in [0.29, 0.717) is 22.2 Å². The van der Waals surface area contributed by atoms with Crippen molar-refractivity contribution in [1.29, 1.82) is 0 Å². The molecule has 0 amide bonds. The molecule has 0 radical (unpaired) electrons. The van der Waals surface area contributed by atoms with E-state index in [0.717, 1.165) is 0 Å². The number of nitrogens with zero attached hydrogens (tertiary/aromatic N) is 2. The molecule has 1 aromatic carbocycles. The minimum atomic E-state index is -3.89. The number of furan rings is 1. The summed E-state index contributed by atoms with van der Waals surface area (Å²) in [5, 5.41) is 11.8. The molecule has 1 aliphatic heterocycles. The van der Waals surface area contributed by atoms with Crippen LogP contribution in [0.15, 0.2) is 50.9 Å². The summed E-state index contributed by atoms with van der Waals surface area (Å²) in [6.07, 6.45) is 1.47. The number of nitrogens with one attached hydrogen (secondary N) is 1. The lowest BCUT2D eigenvalue weighted by atomic mass is 10.0. The Bertz CT molecular complexity index is 931. The number of thioether (sulfide) groups is 1. The molecule has 1 unspecified atom stereocenters. The van der Waals surface area contributed by atoms with Gasteiger partial charge in [0.25, 0.3) is 0 Å². The molecule has 2 heterocycles. The van der Waals surface area contributed by atoms with Gasteiger partial charge in [0.15, 0.2) is 10.9 Å². The Balaban J connectivity index is 1.93. The molecule has 2 aromatic rings. The molecule has 0 spiro atoms. The molecule has 2 N–H and O–H groups in total. The van der Waals surface area contributed by atoms with Gasteiger partial charge in [0.1, 0.15) is 10.7 Å². The molecule has 1 fully saturated rings. The van der Waals surface area contributed by atoms with Crippen molar-refractivity contribution < 1.29 is 17.9 Å². The lowest BCUT2D eigenvalue weighted by molar-refractivity contribution is -0.0349. The summed E-state index contributed by atoms with van der Waals surface area (Å²) in [6.45, 7) is 0.00253. The standard InChI is InChI=1S/C16H18ClN3O4S2/c1-18-15-20(2)16(21,10-25-15)11-5-6-13(17)14(8-11)26(22,23)19-9-12-4-3-7-24-12/h3-8,19,21H,9-10H2,1-2H3/b18-15-. The van der Waals surface area contributed by atoms with E-state index in [-0.39, 0.29) is 16.5 Å². The fourth-order valence-electron chi connectivity index (χ4n) is 2.62. The predicted molar refractivity (Wildman–Crippen MR) is 102 cm³/mol. The van der Waals surface area contributed by atoms with Crippen LogP contribution in [0.2, 0.25) is 5.02 Å². The second kappa shape index (κ2) is 7.24. The van der Waals surface area contributed by atoms with Crippen LogP contribution < -0.4 is 4.72 Å². The monoisotopic (exact) mass is 415 g/mol. The van der Waals surface area contributed by atoms with E-state index >= 15 is 0 Å². The Morgan fingerprint density at radius 1 is 1.46 bits per heavy atom. The zero-order chi connectivity index (χ0) is 18.9. The number of hydrogen-bond donors (Lipinski definition) is 2. The predicted octanol–water partition coefficient (Wildman–Crippen LogP) is 2.22. The van der Waals surface area contributed by atoms with Crippen LogP contribution in [0.1, 0.15) is 11.3 Å². The minimum Gasteiger partial charge on any atom is -0.468 e. The van der Waals surface area contributed by atoms with Crippen LogP contribution in [0, 0.1) is 0 Å². The smallest absolute Gasteiger partial charge is 0.242 e. The van der Waals surface area contributed by atoms with E-state index < -0.39 is 15.7 Å². The van der Waals surface area contributed by atoms with Gasteiger partial charge in [-0.1, -0.05) is 29.4 Å². The minimum absolute atomic E-state index is 0.00253. The highest BCUT2D eigenvalue weighted by molar-refractivity contribution is 8.14. The number of amidine groups is 1. The third-order valence-corrected chi connectivity index (χ3v) is 7.28. The fourth-order valence-corrected chi connectivity index (χ4v) is 5.31. The van der Waals surface area contributed by atoms with Crippen molar-refractivity contribution >= 4 is 38.6 Å². The fraction of sp³-hybridized carbons (Fsp3) is 0.312. The first-order valence-electron chi connectivity index (χ1n) is 7.66. The van der Waals surface area contributed by atoms with Crippen LogP contribution in [-0.2, 0) is 22.3 Å². The normalized spacial score (nSPS) is 22.3. The third kappa shape index (κ3) is 3.49. The highest BCUT2D eigenvalue weighted by atomic mass is 35.5. The highest BCUT2D eigenvalue weighted by Crippen LogP contribution is 2.39. The van der Waals surface area contributed by atoms with Crippen molar-refractivity contribution in [3.8, 4) is 0 Å². The summed E-state index contributed by atoms with van der Waals surface area (Å²) in [5.41, 5.74) is -0.941. The van der Waals surface area contributed by atoms with Crippen molar-refractivity contribution in [2.24, 2.45) is 4.99 Å². The largest absolute Gasteiger partial charge is 0.468 e. The molecule has 10 heteroatoms. The molecular formula is C16H18ClN3O4S2. The maximum Gasteiger partial charge on any atom is 0.242 e. The van der Waals surface area contributed by atoms with Crippen LogP contribution in [0.3, 0.4) is 0 Å². The zero-order valence-corrected chi connectivity index (χ0v) is 16.5. The second-order valence-electron chi connectivity index (χ2n) is 5.72. The van der Waals surface area contributed by atoms with E-state index in [9.17, 15) is 13.5 Å². The molecule has 140 valence electrons. The lowest BCUT2D eigenvalue weighted by Gasteiger charge is -2.31. The molecule has 0 bridgehead atoms. The first kappa shape index (κ1) is 19.2. The van der Waals surface area contributed by atoms with Gasteiger partial charge in [-0.3, -0.25) is 4.99 Å². The van der Waals surface area contributed by atoms with Crippen molar-refractivity contribution in [3.05, 3.63) is 52.9 Å². The van der Waals surface area contributed by atoms with Crippen molar-refractivity contribution in [2.75, 3.05) is 19.8 Å². The Hall–Kier alpha value is -1.52. The molecule has 0 saturated carbocycles. The van der Waals surface area contributed by atoms with Crippen LogP contribution in [0.5, 0.6) is 0 Å². The van der Waals surface area contributed by atoms with E-state index in [4.69, 9.17) is 16.0 Å². The van der Waals surface area contributed by atoms with Crippen LogP contribution >= 0.6 is 23.4 Å². The maximum atomic E-state index is 12.7. The molecule has 0 aliphatic carbocycles. The summed E-state index contributed by atoms with van der Waals surface area (Å²) >= 11 is 7.51. The van der Waals surface area contributed by atoms with Gasteiger partial charge in [-0.2, -0.15) is 0 Å². The average Bonchev–Trinajstić information content (AvgIpc) is 3.23. The Morgan fingerprint density at radius 3 is 2.85 bits per heavy atom. The topological polar surface area (TPSA) is 95.1 Å². The Morgan fingerprint density at radius 2 is 2.23 bits per heavy atom. The van der Waals surface area contributed by atoms with Crippen molar-refractivity contribution in [2.45, 2.75) is 17.2 Å². The zero-order valence-electron chi connectivity index (χ0n) is 14.1. The van der Waals surface area contributed by atoms with Crippen LogP contribution in [0.4, 0.5) is 0 Å². The Labute approximate surface area is 161 Å². The number of rotatable bonds is 5.